The minimum atomic E-state index is -2.98. The van der Waals surface area contributed by atoms with Crippen LogP contribution >= 0.6 is 0 Å². The monoisotopic (exact) mass is 396 g/mol. The number of nitrogens with one attached hydrogen (secondary N) is 2. The Morgan fingerprint density at radius 3 is 2.67 bits per heavy atom. The Morgan fingerprint density at radius 2 is 2.04 bits per heavy atom. The molecule has 2 N–H and O–H groups in total. The summed E-state index contributed by atoms with van der Waals surface area (Å²) in [7, 11) is -1.32. The van der Waals surface area contributed by atoms with Gasteiger partial charge in [-0.25, -0.2) is 17.8 Å². The Bertz CT molecular complexity index is 863. The maximum absolute atomic E-state index is 13.0. The Labute approximate surface area is 159 Å². The predicted molar refractivity (Wildman–Crippen MR) is 104 cm³/mol. The van der Waals surface area contributed by atoms with E-state index in [1.54, 1.807) is 25.4 Å². The molecule has 0 fully saturated rings. The molecule has 7 nitrogen and oxygen atoms in total. The molecule has 148 valence electrons. The molecule has 0 saturated carbocycles. The number of aromatic nitrogens is 1. The summed E-state index contributed by atoms with van der Waals surface area (Å²) in [6, 6.07) is 5.94. The highest BCUT2D eigenvalue weighted by Crippen LogP contribution is 2.18. The number of benzene rings is 1. The first-order valence-corrected chi connectivity index (χ1v) is 10.7. The van der Waals surface area contributed by atoms with E-state index >= 15 is 0 Å². The first-order chi connectivity index (χ1) is 12.8. The molecular weight excluding hydrogens is 371 g/mol. The van der Waals surface area contributed by atoms with Crippen molar-refractivity contribution in [1.82, 2.24) is 15.6 Å². The van der Waals surface area contributed by atoms with Gasteiger partial charge >= 0.3 is 0 Å². The van der Waals surface area contributed by atoms with Gasteiger partial charge in [-0.3, -0.25) is 4.99 Å². The molecule has 2 aromatic rings. The number of oxazole rings is 1. The van der Waals surface area contributed by atoms with Gasteiger partial charge in [-0.1, -0.05) is 0 Å². The molecule has 9 heteroatoms. The zero-order chi connectivity index (χ0) is 19.9. The fourth-order valence-electron chi connectivity index (χ4n) is 2.35. The first-order valence-electron chi connectivity index (χ1n) is 8.62. The maximum atomic E-state index is 13.0. The molecule has 0 bridgehead atoms. The van der Waals surface area contributed by atoms with Gasteiger partial charge in [-0.15, -0.1) is 0 Å². The lowest BCUT2D eigenvalue weighted by atomic mass is 10.2. The maximum Gasteiger partial charge on any atom is 0.226 e. The van der Waals surface area contributed by atoms with Crippen LogP contribution in [0.5, 0.6) is 0 Å². The number of hydrogen-bond acceptors (Lipinski definition) is 5. The average Bonchev–Trinajstić information content (AvgIpc) is 3.08. The predicted octanol–water partition coefficient (Wildman–Crippen LogP) is 2.01. The molecule has 1 atom stereocenters. The van der Waals surface area contributed by atoms with E-state index in [0.29, 0.717) is 36.8 Å². The number of guanidine groups is 1. The summed E-state index contributed by atoms with van der Waals surface area (Å²) in [4.78, 5) is 8.52. The van der Waals surface area contributed by atoms with Gasteiger partial charge in [0, 0.05) is 37.9 Å². The highest BCUT2D eigenvalue weighted by Gasteiger charge is 2.10. The van der Waals surface area contributed by atoms with Gasteiger partial charge in [-0.2, -0.15) is 0 Å². The molecule has 0 saturated heterocycles. The Balaban J connectivity index is 1.80. The second-order valence-electron chi connectivity index (χ2n) is 6.36. The van der Waals surface area contributed by atoms with Crippen LogP contribution in [-0.4, -0.2) is 51.0 Å². The van der Waals surface area contributed by atoms with E-state index in [1.165, 1.54) is 18.4 Å². The fourth-order valence-corrected chi connectivity index (χ4v) is 3.13. The fraction of sp³-hybridized carbons (Fsp3) is 0.444. The van der Waals surface area contributed by atoms with E-state index in [-0.39, 0.29) is 17.6 Å². The van der Waals surface area contributed by atoms with Gasteiger partial charge < -0.3 is 15.1 Å². The third-order valence-corrected chi connectivity index (χ3v) is 4.82. The average molecular weight is 396 g/mol. The molecule has 1 heterocycles. The van der Waals surface area contributed by atoms with E-state index in [1.807, 2.05) is 6.92 Å². The standard InChI is InChI=1S/C18H25FN4O3S/c1-13(9-11-27(3,24)25)22-18(20-2)21-10-8-16-12-26-17(23-16)14-4-6-15(19)7-5-14/h4-7,12-13H,8-11H2,1-3H3,(H2,20,21,22). The van der Waals surface area contributed by atoms with Crippen LogP contribution in [-0.2, 0) is 16.3 Å². The molecule has 27 heavy (non-hydrogen) atoms. The summed E-state index contributed by atoms with van der Waals surface area (Å²) in [6.45, 7) is 2.48. The SMILES string of the molecule is CN=C(NCCc1coc(-c2ccc(F)cc2)n1)NC(C)CCS(C)(=O)=O. The molecule has 2 rings (SSSR count). The largest absolute Gasteiger partial charge is 0.444 e. The number of aliphatic imine (C=N–C) groups is 1. The molecule has 1 aromatic heterocycles. The van der Waals surface area contributed by atoms with E-state index in [4.69, 9.17) is 4.42 Å². The van der Waals surface area contributed by atoms with Crippen molar-refractivity contribution >= 4 is 15.8 Å². The topological polar surface area (TPSA) is 96.6 Å². The second kappa shape index (κ2) is 9.50. The number of halogens is 1. The van der Waals surface area contributed by atoms with Crippen LogP contribution in [0.25, 0.3) is 11.5 Å². The molecule has 0 amide bonds. The van der Waals surface area contributed by atoms with Crippen molar-refractivity contribution in [2.75, 3.05) is 25.6 Å². The van der Waals surface area contributed by atoms with Crippen molar-refractivity contribution < 1.29 is 17.2 Å². The number of sulfone groups is 1. The number of rotatable bonds is 8. The highest BCUT2D eigenvalue weighted by molar-refractivity contribution is 7.90. The van der Waals surface area contributed by atoms with Crippen molar-refractivity contribution in [1.29, 1.82) is 0 Å². The second-order valence-corrected chi connectivity index (χ2v) is 8.62. The van der Waals surface area contributed by atoms with Gasteiger partial charge in [-0.05, 0) is 37.6 Å². The lowest BCUT2D eigenvalue weighted by Gasteiger charge is -2.17. The van der Waals surface area contributed by atoms with Crippen LogP contribution in [0.3, 0.4) is 0 Å². The Morgan fingerprint density at radius 1 is 1.33 bits per heavy atom. The van der Waals surface area contributed by atoms with Gasteiger partial charge in [0.05, 0.1) is 11.4 Å². The number of hydrogen-bond donors (Lipinski definition) is 2. The molecular formula is C18H25FN4O3S. The minimum Gasteiger partial charge on any atom is -0.444 e. The molecule has 1 aromatic carbocycles. The van der Waals surface area contributed by atoms with E-state index < -0.39 is 9.84 Å². The summed E-state index contributed by atoms with van der Waals surface area (Å²) < 4.78 is 40.9. The van der Waals surface area contributed by atoms with Crippen molar-refractivity contribution in [3.63, 3.8) is 0 Å². The van der Waals surface area contributed by atoms with Crippen LogP contribution in [0.15, 0.2) is 39.9 Å². The summed E-state index contributed by atoms with van der Waals surface area (Å²) in [5.74, 6) is 0.864. The van der Waals surface area contributed by atoms with Crippen molar-refractivity contribution in [3.05, 3.63) is 42.0 Å². The summed E-state index contributed by atoms with van der Waals surface area (Å²) >= 11 is 0. The zero-order valence-corrected chi connectivity index (χ0v) is 16.5. The normalized spacial score (nSPS) is 13.4. The minimum absolute atomic E-state index is 0.0249. The van der Waals surface area contributed by atoms with Gasteiger partial charge in [0.25, 0.3) is 0 Å². The third-order valence-electron chi connectivity index (χ3n) is 3.84. The van der Waals surface area contributed by atoms with Crippen LogP contribution < -0.4 is 10.6 Å². The summed E-state index contributed by atoms with van der Waals surface area (Å²) in [6.07, 6.45) is 3.92. The molecule has 0 aliphatic rings. The van der Waals surface area contributed by atoms with Crippen molar-refractivity contribution in [2.45, 2.75) is 25.8 Å². The number of nitrogens with zero attached hydrogens (tertiary/aromatic N) is 2. The molecule has 0 aliphatic heterocycles. The van der Waals surface area contributed by atoms with Crippen LogP contribution in [0.2, 0.25) is 0 Å². The molecule has 0 aliphatic carbocycles. The third kappa shape index (κ3) is 7.38. The highest BCUT2D eigenvalue weighted by atomic mass is 32.2. The lowest BCUT2D eigenvalue weighted by Crippen LogP contribution is -2.43. The lowest BCUT2D eigenvalue weighted by molar-refractivity contribution is 0.571. The van der Waals surface area contributed by atoms with E-state index in [2.05, 4.69) is 20.6 Å². The summed E-state index contributed by atoms with van der Waals surface area (Å²) in [5, 5.41) is 6.32. The van der Waals surface area contributed by atoms with Gasteiger partial charge in [0.15, 0.2) is 5.96 Å². The van der Waals surface area contributed by atoms with Crippen LogP contribution in [0, 0.1) is 5.82 Å². The summed E-state index contributed by atoms with van der Waals surface area (Å²) in [5.41, 5.74) is 1.48. The first kappa shape index (κ1) is 20.9. The van der Waals surface area contributed by atoms with Gasteiger partial charge in [0.1, 0.15) is 21.9 Å². The van der Waals surface area contributed by atoms with E-state index in [9.17, 15) is 12.8 Å². The molecule has 0 radical (unpaired) electrons. The molecule has 1 unspecified atom stereocenters. The zero-order valence-electron chi connectivity index (χ0n) is 15.7. The van der Waals surface area contributed by atoms with Crippen LogP contribution in [0.4, 0.5) is 4.39 Å². The van der Waals surface area contributed by atoms with Crippen molar-refractivity contribution in [2.24, 2.45) is 4.99 Å². The van der Waals surface area contributed by atoms with Crippen molar-refractivity contribution in [3.8, 4) is 11.5 Å². The smallest absolute Gasteiger partial charge is 0.226 e. The molecule has 0 spiro atoms. The quantitative estimate of drug-likeness (QED) is 0.523. The Hall–Kier alpha value is -2.42. The Kier molecular flexibility index (Phi) is 7.35. The van der Waals surface area contributed by atoms with Crippen LogP contribution in [0.1, 0.15) is 19.0 Å². The van der Waals surface area contributed by atoms with E-state index in [0.717, 1.165) is 5.69 Å². The van der Waals surface area contributed by atoms with Gasteiger partial charge in [0.2, 0.25) is 5.89 Å².